The zero-order valence-electron chi connectivity index (χ0n) is 12.2. The number of imidazole rings is 1. The first-order valence-corrected chi connectivity index (χ1v) is 7.03. The molecule has 3 aromatic rings. The quantitative estimate of drug-likeness (QED) is 0.756. The zero-order chi connectivity index (χ0) is 14.7. The molecule has 0 saturated carbocycles. The van der Waals surface area contributed by atoms with Gasteiger partial charge in [0.2, 0.25) is 0 Å². The molecule has 0 aliphatic rings. The molecule has 0 fully saturated rings. The molecule has 0 amide bonds. The first-order valence-electron chi connectivity index (χ1n) is 7.03. The van der Waals surface area contributed by atoms with Crippen molar-refractivity contribution in [2.45, 2.75) is 19.5 Å². The molecule has 3 rings (SSSR count). The van der Waals surface area contributed by atoms with Gasteiger partial charge in [0.15, 0.2) is 0 Å². The topological polar surface area (TPSA) is 58.5 Å². The van der Waals surface area contributed by atoms with Gasteiger partial charge in [0, 0.05) is 32.2 Å². The first kappa shape index (κ1) is 13.6. The number of aromatic amines is 1. The smallest absolute Gasteiger partial charge is 0.125 e. The Morgan fingerprint density at radius 2 is 2.00 bits per heavy atom. The van der Waals surface area contributed by atoms with Crippen LogP contribution >= 0.6 is 0 Å². The Morgan fingerprint density at radius 1 is 1.19 bits per heavy atom. The third-order valence-electron chi connectivity index (χ3n) is 3.62. The molecule has 1 unspecified atom stereocenters. The standard InChI is InChI=1S/C16H19N5/c1-12(16-17-9-10-21(16)2)18-11-13-3-5-14(6-4-13)15-7-8-19-20-15/h3-10,12,18H,11H2,1-2H3,(H,19,20). The van der Waals surface area contributed by atoms with Crippen LogP contribution in [0.3, 0.4) is 0 Å². The van der Waals surface area contributed by atoms with Crippen LogP contribution in [-0.2, 0) is 13.6 Å². The van der Waals surface area contributed by atoms with Gasteiger partial charge in [-0.1, -0.05) is 24.3 Å². The Balaban J connectivity index is 1.62. The summed E-state index contributed by atoms with van der Waals surface area (Å²) in [4.78, 5) is 4.37. The minimum atomic E-state index is 0.220. The molecule has 2 aromatic heterocycles. The molecule has 0 bridgehead atoms. The molecule has 2 heterocycles. The Hall–Kier alpha value is -2.40. The summed E-state index contributed by atoms with van der Waals surface area (Å²) in [5.74, 6) is 1.05. The van der Waals surface area contributed by atoms with Gasteiger partial charge >= 0.3 is 0 Å². The predicted molar refractivity (Wildman–Crippen MR) is 82.5 cm³/mol. The van der Waals surface area contributed by atoms with E-state index in [4.69, 9.17) is 0 Å². The van der Waals surface area contributed by atoms with Gasteiger partial charge < -0.3 is 9.88 Å². The molecular weight excluding hydrogens is 262 g/mol. The molecule has 108 valence electrons. The second kappa shape index (κ2) is 5.93. The second-order valence-corrected chi connectivity index (χ2v) is 5.17. The molecule has 0 aliphatic carbocycles. The van der Waals surface area contributed by atoms with Crippen molar-refractivity contribution in [2.24, 2.45) is 7.05 Å². The minimum absolute atomic E-state index is 0.220. The maximum Gasteiger partial charge on any atom is 0.125 e. The SMILES string of the molecule is CC(NCc1ccc(-c2ccn[nH]2)cc1)c1nccn1C. The van der Waals surface area contributed by atoms with Gasteiger partial charge in [0.25, 0.3) is 0 Å². The molecule has 0 saturated heterocycles. The lowest BCUT2D eigenvalue weighted by Gasteiger charge is -2.14. The van der Waals surface area contributed by atoms with Gasteiger partial charge in [-0.05, 0) is 24.1 Å². The Morgan fingerprint density at radius 3 is 2.62 bits per heavy atom. The Kier molecular flexibility index (Phi) is 3.83. The third kappa shape index (κ3) is 3.03. The maximum atomic E-state index is 4.37. The zero-order valence-corrected chi connectivity index (χ0v) is 12.2. The van der Waals surface area contributed by atoms with Crippen molar-refractivity contribution in [2.75, 3.05) is 0 Å². The highest BCUT2D eigenvalue weighted by molar-refractivity contribution is 5.58. The summed E-state index contributed by atoms with van der Waals surface area (Å²) in [6, 6.07) is 10.7. The van der Waals surface area contributed by atoms with Crippen molar-refractivity contribution in [3.8, 4) is 11.3 Å². The number of benzene rings is 1. The summed E-state index contributed by atoms with van der Waals surface area (Å²) >= 11 is 0. The van der Waals surface area contributed by atoms with Gasteiger partial charge in [0.05, 0.1) is 11.7 Å². The number of rotatable bonds is 5. The number of aromatic nitrogens is 4. The fourth-order valence-corrected chi connectivity index (χ4v) is 2.38. The molecule has 0 aliphatic heterocycles. The van der Waals surface area contributed by atoms with Gasteiger partial charge in [-0.2, -0.15) is 5.10 Å². The molecule has 2 N–H and O–H groups in total. The molecule has 0 radical (unpaired) electrons. The molecule has 0 spiro atoms. The van der Waals surface area contributed by atoms with Crippen molar-refractivity contribution in [1.82, 2.24) is 25.1 Å². The fraction of sp³-hybridized carbons (Fsp3) is 0.250. The monoisotopic (exact) mass is 281 g/mol. The number of H-pyrrole nitrogens is 1. The van der Waals surface area contributed by atoms with Crippen LogP contribution < -0.4 is 5.32 Å². The summed E-state index contributed by atoms with van der Waals surface area (Å²) in [6.07, 6.45) is 5.55. The van der Waals surface area contributed by atoms with Crippen LogP contribution in [0.25, 0.3) is 11.3 Å². The Bertz CT molecular complexity index is 682. The van der Waals surface area contributed by atoms with Gasteiger partial charge in [0.1, 0.15) is 5.82 Å². The van der Waals surface area contributed by atoms with Crippen LogP contribution in [0, 0.1) is 0 Å². The van der Waals surface area contributed by atoms with E-state index in [1.54, 1.807) is 6.20 Å². The highest BCUT2D eigenvalue weighted by atomic mass is 15.1. The van der Waals surface area contributed by atoms with Crippen LogP contribution in [0.2, 0.25) is 0 Å². The normalized spacial score (nSPS) is 12.5. The summed E-state index contributed by atoms with van der Waals surface area (Å²) in [7, 11) is 2.01. The average molecular weight is 281 g/mol. The minimum Gasteiger partial charge on any atom is -0.337 e. The summed E-state index contributed by atoms with van der Waals surface area (Å²) in [5, 5.41) is 10.4. The van der Waals surface area contributed by atoms with Gasteiger partial charge in [-0.15, -0.1) is 0 Å². The van der Waals surface area contributed by atoms with Crippen molar-refractivity contribution in [3.05, 3.63) is 60.3 Å². The summed E-state index contributed by atoms with van der Waals surface area (Å²) in [5.41, 5.74) is 3.43. The van der Waals surface area contributed by atoms with E-state index in [1.165, 1.54) is 5.56 Å². The molecular formula is C16H19N5. The van der Waals surface area contributed by atoms with E-state index >= 15 is 0 Å². The predicted octanol–water partition coefficient (Wildman–Crippen LogP) is 2.66. The fourth-order valence-electron chi connectivity index (χ4n) is 2.38. The van der Waals surface area contributed by atoms with Crippen LogP contribution in [0.4, 0.5) is 0 Å². The molecule has 5 heteroatoms. The van der Waals surface area contributed by atoms with Gasteiger partial charge in [-0.3, -0.25) is 5.10 Å². The van der Waals surface area contributed by atoms with Crippen LogP contribution in [0.15, 0.2) is 48.9 Å². The molecule has 5 nitrogen and oxygen atoms in total. The summed E-state index contributed by atoms with van der Waals surface area (Å²) < 4.78 is 2.04. The van der Waals surface area contributed by atoms with E-state index in [9.17, 15) is 0 Å². The van der Waals surface area contributed by atoms with E-state index in [1.807, 2.05) is 30.1 Å². The van der Waals surface area contributed by atoms with Crippen molar-refractivity contribution < 1.29 is 0 Å². The van der Waals surface area contributed by atoms with Crippen molar-refractivity contribution in [1.29, 1.82) is 0 Å². The largest absolute Gasteiger partial charge is 0.337 e. The number of nitrogens with one attached hydrogen (secondary N) is 2. The van der Waals surface area contributed by atoms with E-state index in [2.05, 4.69) is 51.7 Å². The molecule has 1 aromatic carbocycles. The lowest BCUT2D eigenvalue weighted by molar-refractivity contribution is 0.530. The van der Waals surface area contributed by atoms with Gasteiger partial charge in [-0.25, -0.2) is 4.98 Å². The van der Waals surface area contributed by atoms with E-state index in [0.717, 1.165) is 23.6 Å². The summed E-state index contributed by atoms with van der Waals surface area (Å²) in [6.45, 7) is 2.94. The van der Waals surface area contributed by atoms with Crippen molar-refractivity contribution in [3.63, 3.8) is 0 Å². The third-order valence-corrected chi connectivity index (χ3v) is 3.62. The van der Waals surface area contributed by atoms with E-state index in [0.29, 0.717) is 0 Å². The van der Waals surface area contributed by atoms with Crippen LogP contribution in [0.1, 0.15) is 24.4 Å². The Labute approximate surface area is 124 Å². The highest BCUT2D eigenvalue weighted by Gasteiger charge is 2.09. The number of hydrogen-bond donors (Lipinski definition) is 2. The molecule has 1 atom stereocenters. The number of aryl methyl sites for hydroxylation is 1. The van der Waals surface area contributed by atoms with E-state index < -0.39 is 0 Å². The lowest BCUT2D eigenvalue weighted by Crippen LogP contribution is -2.20. The van der Waals surface area contributed by atoms with Crippen LogP contribution in [0.5, 0.6) is 0 Å². The van der Waals surface area contributed by atoms with E-state index in [-0.39, 0.29) is 6.04 Å². The average Bonchev–Trinajstić information content (AvgIpc) is 3.16. The van der Waals surface area contributed by atoms with Crippen molar-refractivity contribution >= 4 is 0 Å². The van der Waals surface area contributed by atoms with Crippen LogP contribution in [-0.4, -0.2) is 19.7 Å². The highest BCUT2D eigenvalue weighted by Crippen LogP contribution is 2.17. The number of nitrogens with zero attached hydrogens (tertiary/aromatic N) is 3. The molecule has 21 heavy (non-hydrogen) atoms. The maximum absolute atomic E-state index is 4.37. The second-order valence-electron chi connectivity index (χ2n) is 5.17. The lowest BCUT2D eigenvalue weighted by atomic mass is 10.1. The number of hydrogen-bond acceptors (Lipinski definition) is 3. The first-order chi connectivity index (χ1) is 10.2.